The number of nitrogens with one attached hydrogen (secondary N) is 2. The van der Waals surface area contributed by atoms with Crippen LogP contribution in [0.25, 0.3) is 11.0 Å². The maximum atomic E-state index is 13.0. The summed E-state index contributed by atoms with van der Waals surface area (Å²) in [6, 6.07) is 12.3. The number of aromatic nitrogens is 2. The van der Waals surface area contributed by atoms with Crippen LogP contribution in [0.15, 0.2) is 81.6 Å². The summed E-state index contributed by atoms with van der Waals surface area (Å²) in [5.41, 5.74) is 1.82. The van der Waals surface area contributed by atoms with Gasteiger partial charge in [0, 0.05) is 42.5 Å². The van der Waals surface area contributed by atoms with Crippen LogP contribution in [0.1, 0.15) is 18.4 Å². The molecule has 0 atom stereocenters. The summed E-state index contributed by atoms with van der Waals surface area (Å²) in [7, 11) is -2.03. The molecule has 1 fully saturated rings. The molecule has 9 heteroatoms. The van der Waals surface area contributed by atoms with Crippen LogP contribution < -0.4 is 10.6 Å². The summed E-state index contributed by atoms with van der Waals surface area (Å²) in [6.45, 7) is 5.62. The Morgan fingerprint density at radius 2 is 2.00 bits per heavy atom. The number of aliphatic imine (C=N–C) groups is 2. The second-order valence-corrected chi connectivity index (χ2v) is 9.35. The Balaban J connectivity index is 1.64. The SMILES string of the molecule is C=N/C(=C\C(=N/C)c1cnc2c(ccn2S(=O)(=O)c2ccccc2)c1)NC1CCNCC1. The summed E-state index contributed by atoms with van der Waals surface area (Å²) in [4.78, 5) is 13.2. The lowest BCUT2D eigenvalue weighted by atomic mass is 10.1. The van der Waals surface area contributed by atoms with Gasteiger partial charge in [-0.1, -0.05) is 18.2 Å². The highest BCUT2D eigenvalue weighted by molar-refractivity contribution is 7.90. The van der Waals surface area contributed by atoms with Crippen molar-refractivity contribution in [2.24, 2.45) is 9.98 Å². The normalized spacial score (nSPS) is 16.3. The number of benzene rings is 1. The molecule has 1 aliphatic rings. The van der Waals surface area contributed by atoms with E-state index in [1.807, 2.05) is 12.1 Å². The Morgan fingerprint density at radius 1 is 1.25 bits per heavy atom. The molecule has 166 valence electrons. The second-order valence-electron chi connectivity index (χ2n) is 7.53. The van der Waals surface area contributed by atoms with Gasteiger partial charge in [0.1, 0.15) is 5.82 Å². The monoisotopic (exact) mass is 450 g/mol. The Kier molecular flexibility index (Phi) is 6.48. The van der Waals surface area contributed by atoms with E-state index < -0.39 is 10.0 Å². The fourth-order valence-corrected chi connectivity index (χ4v) is 5.08. The lowest BCUT2D eigenvalue weighted by Crippen LogP contribution is -2.39. The first kappa shape index (κ1) is 21.9. The first-order valence-corrected chi connectivity index (χ1v) is 11.9. The molecule has 32 heavy (non-hydrogen) atoms. The van der Waals surface area contributed by atoms with Crippen LogP contribution in [0.5, 0.6) is 0 Å². The summed E-state index contributed by atoms with van der Waals surface area (Å²) in [5.74, 6) is 0.654. The van der Waals surface area contributed by atoms with E-state index >= 15 is 0 Å². The molecular formula is C23H26N6O2S. The summed E-state index contributed by atoms with van der Waals surface area (Å²) >= 11 is 0. The minimum absolute atomic E-state index is 0.216. The predicted octanol–water partition coefficient (Wildman–Crippen LogP) is 2.58. The Morgan fingerprint density at radius 3 is 2.69 bits per heavy atom. The third kappa shape index (κ3) is 4.49. The van der Waals surface area contributed by atoms with E-state index in [1.165, 1.54) is 10.2 Å². The van der Waals surface area contributed by atoms with Gasteiger partial charge in [-0.3, -0.25) is 4.99 Å². The lowest BCUT2D eigenvalue weighted by molar-refractivity contribution is 0.411. The van der Waals surface area contributed by atoms with Crippen molar-refractivity contribution >= 4 is 33.5 Å². The number of nitrogens with zero attached hydrogens (tertiary/aromatic N) is 4. The molecule has 2 N–H and O–H groups in total. The number of fused-ring (bicyclic) bond motifs is 1. The number of hydrogen-bond acceptors (Lipinski definition) is 7. The number of rotatable bonds is 7. The fourth-order valence-electron chi connectivity index (χ4n) is 3.75. The lowest BCUT2D eigenvalue weighted by Gasteiger charge is -2.24. The Hall–Kier alpha value is -3.30. The highest BCUT2D eigenvalue weighted by Gasteiger charge is 2.20. The predicted molar refractivity (Wildman–Crippen MR) is 128 cm³/mol. The Labute approximate surface area is 187 Å². The van der Waals surface area contributed by atoms with Gasteiger partial charge in [0.2, 0.25) is 0 Å². The average molecular weight is 451 g/mol. The van der Waals surface area contributed by atoms with E-state index in [0.717, 1.165) is 31.5 Å². The molecule has 0 unspecified atom stereocenters. The molecule has 0 bridgehead atoms. The van der Waals surface area contributed by atoms with Gasteiger partial charge in [-0.25, -0.2) is 22.4 Å². The third-order valence-corrected chi connectivity index (χ3v) is 7.15. The highest BCUT2D eigenvalue weighted by atomic mass is 32.2. The third-order valence-electron chi connectivity index (χ3n) is 5.46. The van der Waals surface area contributed by atoms with E-state index in [9.17, 15) is 8.42 Å². The van der Waals surface area contributed by atoms with Crippen molar-refractivity contribution in [3.63, 3.8) is 0 Å². The zero-order valence-corrected chi connectivity index (χ0v) is 18.7. The van der Waals surface area contributed by atoms with Crippen molar-refractivity contribution in [2.75, 3.05) is 20.1 Å². The van der Waals surface area contributed by atoms with Crippen molar-refractivity contribution in [3.05, 3.63) is 72.3 Å². The first-order chi connectivity index (χ1) is 15.5. The van der Waals surface area contributed by atoms with Crippen LogP contribution in [0, 0.1) is 0 Å². The summed E-state index contributed by atoms with van der Waals surface area (Å²) in [5, 5.41) is 7.47. The molecular weight excluding hydrogens is 424 g/mol. The molecule has 0 amide bonds. The number of allylic oxidation sites excluding steroid dienone is 1. The fraction of sp³-hybridized carbons (Fsp3) is 0.261. The molecule has 3 aromatic rings. The molecule has 0 aliphatic carbocycles. The van der Waals surface area contributed by atoms with E-state index in [-0.39, 0.29) is 4.90 Å². The molecule has 8 nitrogen and oxygen atoms in total. The van der Waals surface area contributed by atoms with E-state index in [4.69, 9.17) is 0 Å². The van der Waals surface area contributed by atoms with Gasteiger partial charge in [-0.05, 0) is 56.9 Å². The van der Waals surface area contributed by atoms with Crippen molar-refractivity contribution in [3.8, 4) is 0 Å². The number of pyridine rings is 1. The van der Waals surface area contributed by atoms with E-state index in [2.05, 4.69) is 32.3 Å². The van der Waals surface area contributed by atoms with Gasteiger partial charge in [-0.2, -0.15) is 0 Å². The van der Waals surface area contributed by atoms with Crippen molar-refractivity contribution in [1.82, 2.24) is 19.6 Å². The standard InChI is InChI=1S/C23H26N6O2S/c1-24-21(15-22(25-2)28-19-8-11-26-12-9-19)18-14-17-10-13-29(23(17)27-16-18)32(30,31)20-6-4-3-5-7-20/h3-7,10,13-16,19,26,28H,2,8-9,11-12H2,1H3/b22-15+,24-21+. The molecule has 1 saturated heterocycles. The van der Waals surface area contributed by atoms with Gasteiger partial charge in [0.25, 0.3) is 10.0 Å². The molecule has 0 saturated carbocycles. The minimum Gasteiger partial charge on any atom is -0.367 e. The number of piperidine rings is 1. The summed E-state index contributed by atoms with van der Waals surface area (Å²) in [6.07, 6.45) is 7.03. The first-order valence-electron chi connectivity index (χ1n) is 10.4. The van der Waals surface area contributed by atoms with Gasteiger partial charge in [-0.15, -0.1) is 0 Å². The molecule has 1 aliphatic heterocycles. The molecule has 3 heterocycles. The van der Waals surface area contributed by atoms with Gasteiger partial charge < -0.3 is 10.6 Å². The topological polar surface area (TPSA) is 101 Å². The van der Waals surface area contributed by atoms with Crippen LogP contribution in [0.4, 0.5) is 0 Å². The van der Waals surface area contributed by atoms with Crippen molar-refractivity contribution < 1.29 is 8.42 Å². The van der Waals surface area contributed by atoms with Crippen LogP contribution in [0.3, 0.4) is 0 Å². The molecule has 4 rings (SSSR count). The minimum atomic E-state index is -3.73. The van der Waals surface area contributed by atoms with E-state index in [0.29, 0.717) is 28.6 Å². The summed E-state index contributed by atoms with van der Waals surface area (Å²) < 4.78 is 27.2. The van der Waals surface area contributed by atoms with Crippen molar-refractivity contribution in [1.29, 1.82) is 0 Å². The smallest absolute Gasteiger partial charge is 0.269 e. The largest absolute Gasteiger partial charge is 0.367 e. The highest BCUT2D eigenvalue weighted by Crippen LogP contribution is 2.22. The maximum absolute atomic E-state index is 13.0. The molecule has 0 radical (unpaired) electrons. The van der Waals surface area contributed by atoms with Gasteiger partial charge >= 0.3 is 0 Å². The molecule has 0 spiro atoms. The average Bonchev–Trinajstić information content (AvgIpc) is 3.27. The van der Waals surface area contributed by atoms with Crippen LogP contribution in [0.2, 0.25) is 0 Å². The van der Waals surface area contributed by atoms with Gasteiger partial charge in [0.05, 0.1) is 10.6 Å². The second kappa shape index (κ2) is 9.46. The zero-order valence-electron chi connectivity index (χ0n) is 17.9. The molecule has 2 aromatic heterocycles. The van der Waals surface area contributed by atoms with Crippen LogP contribution in [-0.2, 0) is 10.0 Å². The maximum Gasteiger partial charge on any atom is 0.269 e. The quantitative estimate of drug-likeness (QED) is 0.539. The number of hydrogen-bond donors (Lipinski definition) is 2. The van der Waals surface area contributed by atoms with E-state index in [1.54, 1.807) is 49.6 Å². The van der Waals surface area contributed by atoms with Gasteiger partial charge in [0.15, 0.2) is 5.65 Å². The zero-order chi connectivity index (χ0) is 22.6. The van der Waals surface area contributed by atoms with Crippen molar-refractivity contribution in [2.45, 2.75) is 23.8 Å². The van der Waals surface area contributed by atoms with Crippen LogP contribution in [-0.4, -0.2) is 56.0 Å². The van der Waals surface area contributed by atoms with Crippen LogP contribution >= 0.6 is 0 Å². The Bertz CT molecular complexity index is 1270. The molecule has 1 aromatic carbocycles.